The zero-order valence-electron chi connectivity index (χ0n) is 12.6. The maximum absolute atomic E-state index is 12.1. The lowest BCUT2D eigenvalue weighted by atomic mass is 10.1. The van der Waals surface area contributed by atoms with Crippen LogP contribution in [0.15, 0.2) is 18.2 Å². The van der Waals surface area contributed by atoms with E-state index in [0.29, 0.717) is 22.6 Å². The predicted octanol–water partition coefficient (Wildman–Crippen LogP) is 1.14. The van der Waals surface area contributed by atoms with Crippen LogP contribution in [0.2, 0.25) is 0 Å². The highest BCUT2D eigenvalue weighted by atomic mass is 16.5. The second-order valence-electron chi connectivity index (χ2n) is 5.03. The summed E-state index contributed by atoms with van der Waals surface area (Å²) in [6.07, 6.45) is -0.0643. The molecule has 1 N–H and O–H groups in total. The molecule has 1 aromatic carbocycles. The van der Waals surface area contributed by atoms with Gasteiger partial charge in [0.15, 0.2) is 11.5 Å². The molecule has 0 aliphatic carbocycles. The Morgan fingerprint density at radius 1 is 1.39 bits per heavy atom. The number of hydrogen-bond donors (Lipinski definition) is 1. The molecule has 0 unspecified atom stereocenters. The van der Waals surface area contributed by atoms with Crippen LogP contribution in [-0.4, -0.2) is 39.3 Å². The van der Waals surface area contributed by atoms with Crippen LogP contribution in [0.25, 0.3) is 5.69 Å². The quantitative estimate of drug-likeness (QED) is 0.673. The first kappa shape index (κ1) is 14.9. The van der Waals surface area contributed by atoms with Gasteiger partial charge in [0.1, 0.15) is 0 Å². The fourth-order valence-corrected chi connectivity index (χ4v) is 2.40. The van der Waals surface area contributed by atoms with Crippen LogP contribution in [0.4, 0.5) is 5.69 Å². The van der Waals surface area contributed by atoms with Gasteiger partial charge in [0, 0.05) is 5.56 Å². The molecule has 0 saturated carbocycles. The Morgan fingerprint density at radius 2 is 2.17 bits per heavy atom. The molecular formula is C15H14N4O4. The summed E-state index contributed by atoms with van der Waals surface area (Å²) in [5.41, 5.74) is 1.83. The number of nitrogens with zero attached hydrogens (tertiary/aromatic N) is 3. The monoisotopic (exact) mass is 314 g/mol. The van der Waals surface area contributed by atoms with Gasteiger partial charge in [0.05, 0.1) is 30.1 Å². The van der Waals surface area contributed by atoms with E-state index in [-0.39, 0.29) is 30.4 Å². The number of carbonyl (C=O) groups is 3. The Bertz CT molecular complexity index is 825. The van der Waals surface area contributed by atoms with Gasteiger partial charge in [-0.25, -0.2) is 9.48 Å². The van der Waals surface area contributed by atoms with Crippen LogP contribution >= 0.6 is 0 Å². The number of anilines is 1. The minimum atomic E-state index is -0.620. The Morgan fingerprint density at radius 3 is 2.87 bits per heavy atom. The van der Waals surface area contributed by atoms with Crippen molar-refractivity contribution in [3.05, 3.63) is 35.2 Å². The number of rotatable bonds is 3. The second-order valence-corrected chi connectivity index (χ2v) is 5.03. The van der Waals surface area contributed by atoms with Gasteiger partial charge in [-0.1, -0.05) is 5.21 Å². The molecule has 3 rings (SSSR count). The van der Waals surface area contributed by atoms with Crippen LogP contribution in [0.5, 0.6) is 0 Å². The summed E-state index contributed by atoms with van der Waals surface area (Å²) in [5, 5.41) is 10.5. The van der Waals surface area contributed by atoms with Gasteiger partial charge >= 0.3 is 5.97 Å². The Kier molecular flexibility index (Phi) is 3.65. The van der Waals surface area contributed by atoms with E-state index in [1.165, 1.54) is 11.6 Å². The zero-order chi connectivity index (χ0) is 16.6. The summed E-state index contributed by atoms with van der Waals surface area (Å²) >= 11 is 0. The summed E-state index contributed by atoms with van der Waals surface area (Å²) in [5.74, 6) is -1.05. The van der Waals surface area contributed by atoms with E-state index in [9.17, 15) is 14.4 Å². The van der Waals surface area contributed by atoms with Crippen molar-refractivity contribution < 1.29 is 19.1 Å². The third kappa shape index (κ3) is 2.59. The van der Waals surface area contributed by atoms with E-state index in [1.807, 2.05) is 0 Å². The molecule has 0 spiro atoms. The molecule has 23 heavy (non-hydrogen) atoms. The van der Waals surface area contributed by atoms with Crippen molar-refractivity contribution in [1.29, 1.82) is 0 Å². The fourth-order valence-electron chi connectivity index (χ4n) is 2.40. The number of hydrogen-bond acceptors (Lipinski definition) is 6. The van der Waals surface area contributed by atoms with Crippen LogP contribution in [0.1, 0.15) is 40.4 Å². The summed E-state index contributed by atoms with van der Waals surface area (Å²) in [7, 11) is 0. The Hall–Kier alpha value is -3.03. The van der Waals surface area contributed by atoms with Crippen LogP contribution in [0.3, 0.4) is 0 Å². The maximum atomic E-state index is 12.1. The molecule has 0 fully saturated rings. The second kappa shape index (κ2) is 5.64. The van der Waals surface area contributed by atoms with E-state index in [0.717, 1.165) is 0 Å². The number of ketones is 1. The molecule has 2 heterocycles. The van der Waals surface area contributed by atoms with Gasteiger partial charge in [-0.05, 0) is 32.0 Å². The SMILES string of the molecule is CCOC(=O)c1nnn2c1CC(=O)Nc1cc(C(C)=O)ccc1-2. The molecule has 1 aliphatic rings. The van der Waals surface area contributed by atoms with Crippen molar-refractivity contribution in [1.82, 2.24) is 15.0 Å². The molecule has 1 amide bonds. The lowest BCUT2D eigenvalue weighted by Gasteiger charge is -2.08. The average Bonchev–Trinajstić information content (AvgIpc) is 2.84. The summed E-state index contributed by atoms with van der Waals surface area (Å²) < 4.78 is 6.36. The lowest BCUT2D eigenvalue weighted by Crippen LogP contribution is -2.16. The summed E-state index contributed by atoms with van der Waals surface area (Å²) in [6, 6.07) is 4.87. The molecule has 8 heteroatoms. The molecular weight excluding hydrogens is 300 g/mol. The van der Waals surface area contributed by atoms with E-state index < -0.39 is 5.97 Å². The highest BCUT2D eigenvalue weighted by Crippen LogP contribution is 2.27. The minimum absolute atomic E-state index is 0.0190. The number of esters is 1. The normalized spacial score (nSPS) is 12.7. The number of ether oxygens (including phenoxy) is 1. The molecule has 0 bridgehead atoms. The van der Waals surface area contributed by atoms with Gasteiger partial charge < -0.3 is 10.1 Å². The number of carbonyl (C=O) groups excluding carboxylic acids is 3. The van der Waals surface area contributed by atoms with Crippen molar-refractivity contribution in [2.75, 3.05) is 11.9 Å². The first-order valence-electron chi connectivity index (χ1n) is 7.08. The molecule has 1 aliphatic heterocycles. The van der Waals surface area contributed by atoms with Crippen molar-refractivity contribution in [2.45, 2.75) is 20.3 Å². The molecule has 0 saturated heterocycles. The molecule has 0 atom stereocenters. The fraction of sp³-hybridized carbons (Fsp3) is 0.267. The van der Waals surface area contributed by atoms with Gasteiger partial charge in [0.25, 0.3) is 0 Å². The zero-order valence-corrected chi connectivity index (χ0v) is 12.6. The van der Waals surface area contributed by atoms with Gasteiger partial charge in [-0.15, -0.1) is 5.10 Å². The number of nitrogens with one attached hydrogen (secondary N) is 1. The van der Waals surface area contributed by atoms with E-state index in [4.69, 9.17) is 4.74 Å². The Balaban J connectivity index is 2.14. The van der Waals surface area contributed by atoms with Gasteiger partial charge in [0.2, 0.25) is 5.91 Å². The first-order valence-corrected chi connectivity index (χ1v) is 7.08. The van der Waals surface area contributed by atoms with Crippen molar-refractivity contribution in [3.63, 3.8) is 0 Å². The lowest BCUT2D eigenvalue weighted by molar-refractivity contribution is -0.115. The highest BCUT2D eigenvalue weighted by Gasteiger charge is 2.27. The molecule has 118 valence electrons. The summed E-state index contributed by atoms with van der Waals surface area (Å²) in [6.45, 7) is 3.33. The topological polar surface area (TPSA) is 103 Å². The van der Waals surface area contributed by atoms with Gasteiger partial charge in [-0.3, -0.25) is 9.59 Å². The predicted molar refractivity (Wildman–Crippen MR) is 79.7 cm³/mol. The number of aromatic nitrogens is 3. The first-order chi connectivity index (χ1) is 11.0. The third-order valence-corrected chi connectivity index (χ3v) is 3.47. The maximum Gasteiger partial charge on any atom is 0.360 e. The average molecular weight is 314 g/mol. The van der Waals surface area contributed by atoms with Crippen LogP contribution < -0.4 is 5.32 Å². The largest absolute Gasteiger partial charge is 0.461 e. The standard InChI is InChI=1S/C15H14N4O4/c1-3-23-15(22)14-12-7-13(21)16-10-6-9(8(2)20)4-5-11(10)19(12)18-17-14/h4-6H,3,7H2,1-2H3,(H,16,21). The van der Waals surface area contributed by atoms with Crippen molar-refractivity contribution in [3.8, 4) is 5.69 Å². The molecule has 1 aromatic heterocycles. The van der Waals surface area contributed by atoms with Gasteiger partial charge in [-0.2, -0.15) is 0 Å². The molecule has 8 nitrogen and oxygen atoms in total. The summed E-state index contributed by atoms with van der Waals surface area (Å²) in [4.78, 5) is 35.5. The minimum Gasteiger partial charge on any atom is -0.461 e. The van der Waals surface area contributed by atoms with Crippen molar-refractivity contribution >= 4 is 23.3 Å². The smallest absolute Gasteiger partial charge is 0.360 e. The number of Topliss-reactive ketones (excluding diaryl/α,β-unsaturated/α-hetero) is 1. The van der Waals surface area contributed by atoms with Crippen LogP contribution in [0, 0.1) is 0 Å². The van der Waals surface area contributed by atoms with E-state index in [1.54, 1.807) is 25.1 Å². The molecule has 0 radical (unpaired) electrons. The third-order valence-electron chi connectivity index (χ3n) is 3.47. The van der Waals surface area contributed by atoms with Crippen LogP contribution in [-0.2, 0) is 16.0 Å². The number of fused-ring (bicyclic) bond motifs is 3. The Labute approximate surface area is 131 Å². The van der Waals surface area contributed by atoms with E-state index in [2.05, 4.69) is 15.6 Å². The number of amides is 1. The number of benzene rings is 1. The van der Waals surface area contributed by atoms with E-state index >= 15 is 0 Å². The molecule has 2 aromatic rings. The van der Waals surface area contributed by atoms with Crippen molar-refractivity contribution in [2.24, 2.45) is 0 Å². The highest BCUT2D eigenvalue weighted by molar-refractivity contribution is 6.01.